The number of carbonyl (C=O) groups excluding carboxylic acids is 1. The summed E-state index contributed by atoms with van der Waals surface area (Å²) in [4.78, 5) is 17.2. The Bertz CT molecular complexity index is 659. The minimum Gasteiger partial charge on any atom is -0.461 e. The first-order chi connectivity index (χ1) is 14.5. The van der Waals surface area contributed by atoms with Crippen molar-refractivity contribution in [3.63, 3.8) is 0 Å². The summed E-state index contributed by atoms with van der Waals surface area (Å²) in [7, 11) is 0. The summed E-state index contributed by atoms with van der Waals surface area (Å²) in [5.74, 6) is -0.335. The van der Waals surface area contributed by atoms with Crippen LogP contribution in [0.15, 0.2) is 16.6 Å². The molecule has 0 amide bonds. The summed E-state index contributed by atoms with van der Waals surface area (Å²) >= 11 is 3.52. The molecule has 0 heterocycles. The van der Waals surface area contributed by atoms with Crippen LogP contribution in [0, 0.1) is 0 Å². The van der Waals surface area contributed by atoms with E-state index in [9.17, 15) is 4.79 Å². The van der Waals surface area contributed by atoms with Crippen molar-refractivity contribution in [2.45, 2.75) is 65.0 Å². The Balaban J connectivity index is 2.02. The fraction of sp³-hybridized carbons (Fsp3) is 0.696. The molecule has 7 heteroatoms. The predicted octanol–water partition coefficient (Wildman–Crippen LogP) is 4.05. The maximum absolute atomic E-state index is 12.6. The molecule has 1 aromatic carbocycles. The van der Waals surface area contributed by atoms with Gasteiger partial charge in [-0.25, -0.2) is 4.79 Å². The van der Waals surface area contributed by atoms with E-state index in [0.29, 0.717) is 37.0 Å². The number of nitrogens with two attached hydrogens (primary N) is 1. The second-order valence-corrected chi connectivity index (χ2v) is 8.94. The van der Waals surface area contributed by atoms with E-state index in [1.54, 1.807) is 6.07 Å². The van der Waals surface area contributed by atoms with Crippen LogP contribution in [0.4, 0.5) is 5.69 Å². The Morgan fingerprint density at radius 1 is 1.20 bits per heavy atom. The van der Waals surface area contributed by atoms with Crippen molar-refractivity contribution < 1.29 is 14.6 Å². The van der Waals surface area contributed by atoms with Crippen molar-refractivity contribution >= 4 is 27.6 Å². The topological polar surface area (TPSA) is 79.0 Å². The fourth-order valence-corrected chi connectivity index (χ4v) is 4.73. The fourth-order valence-electron chi connectivity index (χ4n) is 4.23. The lowest BCUT2D eigenvalue weighted by Crippen LogP contribution is -2.36. The van der Waals surface area contributed by atoms with Gasteiger partial charge in [-0.1, -0.05) is 33.1 Å². The molecule has 0 atom stereocenters. The lowest BCUT2D eigenvalue weighted by atomic mass is 9.93. The highest BCUT2D eigenvalue weighted by molar-refractivity contribution is 9.10. The summed E-state index contributed by atoms with van der Waals surface area (Å²) < 4.78 is 6.25. The number of hydrogen-bond donors (Lipinski definition) is 2. The molecule has 1 fully saturated rings. The molecule has 0 bridgehead atoms. The third-order valence-electron chi connectivity index (χ3n) is 5.92. The van der Waals surface area contributed by atoms with E-state index in [4.69, 9.17) is 15.6 Å². The number of esters is 1. The van der Waals surface area contributed by atoms with Gasteiger partial charge in [0.15, 0.2) is 0 Å². The van der Waals surface area contributed by atoms with Crippen LogP contribution in [0.2, 0.25) is 0 Å². The normalized spacial score (nSPS) is 15.1. The average Bonchev–Trinajstić information content (AvgIpc) is 2.75. The van der Waals surface area contributed by atoms with Crippen LogP contribution in [-0.4, -0.2) is 66.3 Å². The highest BCUT2D eigenvalue weighted by atomic mass is 79.9. The molecule has 0 aliphatic heterocycles. The Morgan fingerprint density at radius 3 is 2.57 bits per heavy atom. The maximum Gasteiger partial charge on any atom is 0.338 e. The Hall–Kier alpha value is -1.15. The summed E-state index contributed by atoms with van der Waals surface area (Å²) in [6, 6.07) is 4.22. The third kappa shape index (κ3) is 7.52. The Labute approximate surface area is 189 Å². The third-order valence-corrected chi connectivity index (χ3v) is 6.57. The van der Waals surface area contributed by atoms with Gasteiger partial charge >= 0.3 is 5.97 Å². The number of aliphatic hydroxyl groups excluding tert-OH is 1. The number of halogens is 1. The summed E-state index contributed by atoms with van der Waals surface area (Å²) in [5, 5.41) is 9.15. The molecule has 6 nitrogen and oxygen atoms in total. The van der Waals surface area contributed by atoms with Gasteiger partial charge in [0.1, 0.15) is 6.61 Å². The molecule has 1 aliphatic rings. The highest BCUT2D eigenvalue weighted by Crippen LogP contribution is 2.30. The zero-order valence-electron chi connectivity index (χ0n) is 18.5. The number of anilines is 1. The quantitative estimate of drug-likeness (QED) is 0.344. The van der Waals surface area contributed by atoms with E-state index in [0.717, 1.165) is 36.1 Å². The predicted molar refractivity (Wildman–Crippen MR) is 126 cm³/mol. The van der Waals surface area contributed by atoms with E-state index in [-0.39, 0.29) is 12.6 Å². The van der Waals surface area contributed by atoms with Crippen molar-refractivity contribution in [1.82, 2.24) is 9.80 Å². The monoisotopic (exact) mass is 483 g/mol. The number of aliphatic hydroxyl groups is 1. The van der Waals surface area contributed by atoms with Gasteiger partial charge in [-0.3, -0.25) is 9.80 Å². The molecular formula is C23H38BrN3O3. The van der Waals surface area contributed by atoms with Crippen LogP contribution in [0.25, 0.3) is 0 Å². The van der Waals surface area contributed by atoms with Crippen molar-refractivity contribution in [2.24, 2.45) is 0 Å². The molecule has 1 aromatic rings. The van der Waals surface area contributed by atoms with E-state index >= 15 is 0 Å². The number of nitrogens with zero attached hydrogens (tertiary/aromatic N) is 2. The largest absolute Gasteiger partial charge is 0.461 e. The molecule has 0 unspecified atom stereocenters. The average molecular weight is 484 g/mol. The lowest BCUT2D eigenvalue weighted by molar-refractivity contribution is 0.0453. The maximum atomic E-state index is 12.6. The smallest absolute Gasteiger partial charge is 0.338 e. The minimum absolute atomic E-state index is 0.108. The SMILES string of the molecule is CCCN(CCO)CCOC(=O)c1cc(Br)c(N)c(CN(CC)C2CCCCC2)c1. The zero-order chi connectivity index (χ0) is 21.9. The molecule has 0 spiro atoms. The zero-order valence-corrected chi connectivity index (χ0v) is 20.1. The number of ether oxygens (including phenoxy) is 1. The number of carbonyl (C=O) groups is 1. The van der Waals surface area contributed by atoms with Crippen LogP contribution >= 0.6 is 15.9 Å². The Kier molecular flexibility index (Phi) is 11.1. The molecule has 1 saturated carbocycles. The van der Waals surface area contributed by atoms with Gasteiger partial charge in [0.25, 0.3) is 0 Å². The number of hydrogen-bond acceptors (Lipinski definition) is 6. The molecule has 1 aliphatic carbocycles. The first-order valence-electron chi connectivity index (χ1n) is 11.3. The molecule has 0 saturated heterocycles. The van der Waals surface area contributed by atoms with Gasteiger partial charge in [-0.15, -0.1) is 0 Å². The van der Waals surface area contributed by atoms with Crippen LogP contribution in [-0.2, 0) is 11.3 Å². The van der Waals surface area contributed by atoms with Crippen LogP contribution in [0.1, 0.15) is 68.3 Å². The van der Waals surface area contributed by atoms with Gasteiger partial charge in [0, 0.05) is 30.1 Å². The molecule has 0 radical (unpaired) electrons. The van der Waals surface area contributed by atoms with Gasteiger partial charge in [-0.05, 0) is 66.0 Å². The molecule has 0 aromatic heterocycles. The van der Waals surface area contributed by atoms with Gasteiger partial charge in [0.05, 0.1) is 17.9 Å². The van der Waals surface area contributed by atoms with Gasteiger partial charge < -0.3 is 15.6 Å². The molecule has 30 heavy (non-hydrogen) atoms. The van der Waals surface area contributed by atoms with Crippen LogP contribution < -0.4 is 5.73 Å². The molecule has 2 rings (SSSR count). The highest BCUT2D eigenvalue weighted by Gasteiger charge is 2.22. The summed E-state index contributed by atoms with van der Waals surface area (Å²) in [6.45, 7) is 8.50. The van der Waals surface area contributed by atoms with E-state index in [1.807, 2.05) is 6.07 Å². The molecule has 170 valence electrons. The van der Waals surface area contributed by atoms with Gasteiger partial charge in [-0.2, -0.15) is 0 Å². The van der Waals surface area contributed by atoms with Crippen molar-refractivity contribution in [3.05, 3.63) is 27.7 Å². The van der Waals surface area contributed by atoms with Crippen LogP contribution in [0.3, 0.4) is 0 Å². The van der Waals surface area contributed by atoms with Gasteiger partial charge in [0.2, 0.25) is 0 Å². The Morgan fingerprint density at radius 2 is 1.93 bits per heavy atom. The molecule has 3 N–H and O–H groups in total. The van der Waals surface area contributed by atoms with E-state index < -0.39 is 0 Å². The van der Waals surface area contributed by atoms with E-state index in [1.165, 1.54) is 32.1 Å². The van der Waals surface area contributed by atoms with Crippen molar-refractivity contribution in [1.29, 1.82) is 0 Å². The second kappa shape index (κ2) is 13.3. The van der Waals surface area contributed by atoms with Crippen molar-refractivity contribution in [3.8, 4) is 0 Å². The standard InChI is InChI=1S/C23H38BrN3O3/c1-3-10-26(11-13-28)12-14-30-23(29)18-15-19(22(25)21(24)16-18)17-27(4-2)20-8-6-5-7-9-20/h15-16,20,28H,3-14,17,25H2,1-2H3. The minimum atomic E-state index is -0.335. The number of nitrogen functional groups attached to an aromatic ring is 1. The summed E-state index contributed by atoms with van der Waals surface area (Å²) in [5.41, 5.74) is 8.52. The summed E-state index contributed by atoms with van der Waals surface area (Å²) in [6.07, 6.45) is 7.38. The second-order valence-electron chi connectivity index (χ2n) is 8.09. The lowest BCUT2D eigenvalue weighted by Gasteiger charge is -2.34. The molecular weight excluding hydrogens is 446 g/mol. The first kappa shape index (κ1) is 25.1. The van der Waals surface area contributed by atoms with Crippen molar-refractivity contribution in [2.75, 3.05) is 45.1 Å². The van der Waals surface area contributed by atoms with Crippen LogP contribution in [0.5, 0.6) is 0 Å². The number of rotatable bonds is 12. The number of benzene rings is 1. The first-order valence-corrected chi connectivity index (χ1v) is 12.1. The van der Waals surface area contributed by atoms with E-state index in [2.05, 4.69) is 39.6 Å².